The maximum absolute atomic E-state index is 5.41. The maximum atomic E-state index is 5.41. The highest BCUT2D eigenvalue weighted by Gasteiger charge is 1.99. The predicted molar refractivity (Wildman–Crippen MR) is 56.4 cm³/mol. The Morgan fingerprint density at radius 2 is 1.92 bits per heavy atom. The molecule has 0 heterocycles. The topological polar surface area (TPSA) is 18.5 Å². The number of methoxy groups -OCH3 is 1. The summed E-state index contributed by atoms with van der Waals surface area (Å²) in [7, 11) is 3.79. The van der Waals surface area contributed by atoms with Gasteiger partial charge in [-0.15, -0.1) is 0 Å². The Hall–Kier alpha value is -1.12. The highest BCUT2D eigenvalue weighted by molar-refractivity contribution is 6.08. The molecule has 0 spiro atoms. The fourth-order valence-corrected chi connectivity index (χ4v) is 1.20. The SMILES string of the molecule is BCc1cc(OC)cc(OCC)c1. The van der Waals surface area contributed by atoms with E-state index < -0.39 is 0 Å². The minimum atomic E-state index is 0.691. The first kappa shape index (κ1) is 9.97. The summed E-state index contributed by atoms with van der Waals surface area (Å²) in [6, 6.07) is 5.98. The van der Waals surface area contributed by atoms with E-state index in [1.54, 1.807) is 7.11 Å². The van der Waals surface area contributed by atoms with Crippen LogP contribution < -0.4 is 9.47 Å². The van der Waals surface area contributed by atoms with E-state index in [1.165, 1.54) is 5.56 Å². The number of benzene rings is 1. The molecule has 0 aromatic heterocycles. The molecule has 1 rings (SSSR count). The van der Waals surface area contributed by atoms with Crippen LogP contribution in [0, 0.1) is 0 Å². The lowest BCUT2D eigenvalue weighted by molar-refractivity contribution is 0.336. The normalized spacial score (nSPS) is 9.69. The van der Waals surface area contributed by atoms with Crippen molar-refractivity contribution in [2.24, 2.45) is 0 Å². The van der Waals surface area contributed by atoms with Gasteiger partial charge < -0.3 is 9.47 Å². The quantitative estimate of drug-likeness (QED) is 0.645. The molecule has 0 bridgehead atoms. The Bertz CT molecular complexity index is 251. The summed E-state index contributed by atoms with van der Waals surface area (Å²) in [5.41, 5.74) is 1.24. The van der Waals surface area contributed by atoms with Gasteiger partial charge in [-0.25, -0.2) is 0 Å². The lowest BCUT2D eigenvalue weighted by atomic mass is 9.97. The van der Waals surface area contributed by atoms with Crippen molar-refractivity contribution in [3.8, 4) is 11.5 Å². The third kappa shape index (κ3) is 2.69. The Morgan fingerprint density at radius 3 is 2.46 bits per heavy atom. The predicted octanol–water partition coefficient (Wildman–Crippen LogP) is 1.23. The van der Waals surface area contributed by atoms with Gasteiger partial charge in [0.1, 0.15) is 19.3 Å². The van der Waals surface area contributed by atoms with Gasteiger partial charge in [0.15, 0.2) is 0 Å². The fraction of sp³-hybridized carbons (Fsp3) is 0.400. The van der Waals surface area contributed by atoms with E-state index in [1.807, 2.05) is 25.1 Å². The molecule has 70 valence electrons. The highest BCUT2D eigenvalue weighted by atomic mass is 16.5. The van der Waals surface area contributed by atoms with E-state index in [0.717, 1.165) is 17.8 Å². The first-order chi connectivity index (χ1) is 6.30. The molecule has 0 saturated heterocycles. The van der Waals surface area contributed by atoms with Crippen LogP contribution >= 0.6 is 0 Å². The van der Waals surface area contributed by atoms with Gasteiger partial charge in [-0.1, -0.05) is 6.32 Å². The summed E-state index contributed by atoms with van der Waals surface area (Å²) in [5.74, 6) is 1.75. The molecule has 0 aliphatic carbocycles. The number of rotatable bonds is 4. The lowest BCUT2D eigenvalue weighted by Crippen LogP contribution is -1.94. The number of ether oxygens (including phenoxy) is 2. The summed E-state index contributed by atoms with van der Waals surface area (Å²) >= 11 is 0. The molecule has 0 amide bonds. The minimum Gasteiger partial charge on any atom is -0.497 e. The lowest BCUT2D eigenvalue weighted by Gasteiger charge is -2.08. The first-order valence-corrected chi connectivity index (χ1v) is 4.60. The molecule has 2 nitrogen and oxygen atoms in total. The van der Waals surface area contributed by atoms with Crippen LogP contribution in [0.3, 0.4) is 0 Å². The maximum Gasteiger partial charge on any atom is 0.123 e. The Morgan fingerprint density at radius 1 is 1.23 bits per heavy atom. The second-order valence-corrected chi connectivity index (χ2v) is 2.80. The molecule has 0 saturated carbocycles. The third-order valence-electron chi connectivity index (χ3n) is 1.89. The number of hydrogen-bond donors (Lipinski definition) is 0. The van der Waals surface area contributed by atoms with Crippen molar-refractivity contribution < 1.29 is 9.47 Å². The zero-order valence-corrected chi connectivity index (χ0v) is 8.46. The zero-order chi connectivity index (χ0) is 9.68. The van der Waals surface area contributed by atoms with E-state index in [9.17, 15) is 0 Å². The molecule has 0 N–H and O–H groups in total. The van der Waals surface area contributed by atoms with Crippen LogP contribution in [0.5, 0.6) is 11.5 Å². The van der Waals surface area contributed by atoms with Crippen LogP contribution in [-0.4, -0.2) is 21.6 Å². The minimum absolute atomic E-state index is 0.691. The van der Waals surface area contributed by atoms with Gasteiger partial charge in [0, 0.05) is 6.07 Å². The van der Waals surface area contributed by atoms with Crippen LogP contribution in [0.15, 0.2) is 18.2 Å². The van der Waals surface area contributed by atoms with Gasteiger partial charge in [-0.3, -0.25) is 0 Å². The Labute approximate surface area is 80.3 Å². The van der Waals surface area contributed by atoms with Crippen molar-refractivity contribution >= 4 is 7.85 Å². The summed E-state index contributed by atoms with van der Waals surface area (Å²) in [4.78, 5) is 0. The average molecular weight is 178 g/mol. The van der Waals surface area contributed by atoms with Crippen LogP contribution in [0.2, 0.25) is 0 Å². The van der Waals surface area contributed by atoms with Crippen LogP contribution in [-0.2, 0) is 6.32 Å². The van der Waals surface area contributed by atoms with Crippen molar-refractivity contribution in [2.45, 2.75) is 13.2 Å². The second kappa shape index (κ2) is 4.80. The molecular weight excluding hydrogens is 163 g/mol. The van der Waals surface area contributed by atoms with Gasteiger partial charge in [0.05, 0.1) is 13.7 Å². The zero-order valence-electron chi connectivity index (χ0n) is 8.46. The molecule has 1 aromatic rings. The van der Waals surface area contributed by atoms with E-state index in [4.69, 9.17) is 9.47 Å². The molecule has 0 aliphatic rings. The Kier molecular flexibility index (Phi) is 3.68. The highest BCUT2D eigenvalue weighted by Crippen LogP contribution is 2.22. The standard InChI is InChI=1S/C10H15BO2/c1-3-13-10-5-8(7-11)4-9(6-10)12-2/h4-6H,3,7,11H2,1-2H3. The number of hydrogen-bond acceptors (Lipinski definition) is 2. The summed E-state index contributed by atoms with van der Waals surface area (Å²) in [6.07, 6.45) is 0.997. The monoisotopic (exact) mass is 178 g/mol. The summed E-state index contributed by atoms with van der Waals surface area (Å²) in [5, 5.41) is 0. The second-order valence-electron chi connectivity index (χ2n) is 2.80. The fourth-order valence-electron chi connectivity index (χ4n) is 1.20. The van der Waals surface area contributed by atoms with Crippen molar-refractivity contribution in [1.82, 2.24) is 0 Å². The van der Waals surface area contributed by atoms with Crippen molar-refractivity contribution in [2.75, 3.05) is 13.7 Å². The molecule has 0 aliphatic heterocycles. The molecule has 13 heavy (non-hydrogen) atoms. The van der Waals surface area contributed by atoms with Gasteiger partial charge in [-0.2, -0.15) is 0 Å². The molecule has 0 atom stereocenters. The summed E-state index contributed by atoms with van der Waals surface area (Å²) in [6.45, 7) is 2.67. The van der Waals surface area contributed by atoms with Gasteiger partial charge in [0.2, 0.25) is 0 Å². The molecule has 0 radical (unpaired) electrons. The van der Waals surface area contributed by atoms with Crippen LogP contribution in [0.4, 0.5) is 0 Å². The van der Waals surface area contributed by atoms with Crippen molar-refractivity contribution in [1.29, 1.82) is 0 Å². The van der Waals surface area contributed by atoms with E-state index in [-0.39, 0.29) is 0 Å². The molecule has 0 fully saturated rings. The smallest absolute Gasteiger partial charge is 0.123 e. The van der Waals surface area contributed by atoms with Crippen LogP contribution in [0.25, 0.3) is 0 Å². The Balaban J connectivity index is 2.93. The van der Waals surface area contributed by atoms with Gasteiger partial charge in [-0.05, 0) is 24.6 Å². The van der Waals surface area contributed by atoms with Gasteiger partial charge in [0.25, 0.3) is 0 Å². The first-order valence-electron chi connectivity index (χ1n) is 4.60. The van der Waals surface area contributed by atoms with Crippen molar-refractivity contribution in [3.05, 3.63) is 23.8 Å². The van der Waals surface area contributed by atoms with E-state index in [2.05, 4.69) is 7.85 Å². The van der Waals surface area contributed by atoms with E-state index in [0.29, 0.717) is 6.61 Å². The molecule has 3 heteroatoms. The average Bonchev–Trinajstić information content (AvgIpc) is 2.17. The molecule has 0 unspecified atom stereocenters. The largest absolute Gasteiger partial charge is 0.497 e. The molecule has 1 aromatic carbocycles. The van der Waals surface area contributed by atoms with Crippen molar-refractivity contribution in [3.63, 3.8) is 0 Å². The van der Waals surface area contributed by atoms with Gasteiger partial charge >= 0.3 is 0 Å². The van der Waals surface area contributed by atoms with E-state index >= 15 is 0 Å². The molecular formula is C10H15BO2. The third-order valence-corrected chi connectivity index (χ3v) is 1.89. The summed E-state index contributed by atoms with van der Waals surface area (Å²) < 4.78 is 10.6. The van der Waals surface area contributed by atoms with Crippen LogP contribution in [0.1, 0.15) is 12.5 Å².